The van der Waals surface area contributed by atoms with Crippen molar-refractivity contribution in [2.24, 2.45) is 0 Å². The number of nitrogens with two attached hydrogens (primary N) is 1. The van der Waals surface area contributed by atoms with Gasteiger partial charge in [-0.1, -0.05) is 17.7 Å². The van der Waals surface area contributed by atoms with Crippen LogP contribution in [0.2, 0.25) is 5.02 Å². The number of fused-ring (bicyclic) bond motifs is 1. The highest BCUT2D eigenvalue weighted by Crippen LogP contribution is 2.40. The lowest BCUT2D eigenvalue weighted by molar-refractivity contribution is -0.0848. The Bertz CT molecular complexity index is 1090. The standard InChI is InChI=1S/C20H21ClN4O5/c21-12-4-1-9(7-13(12)29-10-2-3-10)14(26)17-15(27)16(28)20(30-17)25-6-5-11-18(22)23-8-24-19(11)25/h1,4-8,10,14-17,20,26-28H,2-3H2,(H2,22,23,24)/t14?,15-,16+,17+,20+/m0/s1. The number of rotatable bonds is 5. The Kier molecular flexibility index (Phi) is 4.79. The maximum Gasteiger partial charge on any atom is 0.164 e. The van der Waals surface area contributed by atoms with Crippen LogP contribution in [0.5, 0.6) is 5.75 Å². The molecule has 0 radical (unpaired) electrons. The Morgan fingerprint density at radius 3 is 2.77 bits per heavy atom. The third-order valence-electron chi connectivity index (χ3n) is 5.52. The molecule has 1 unspecified atom stereocenters. The fourth-order valence-corrected chi connectivity index (χ4v) is 3.88. The summed E-state index contributed by atoms with van der Waals surface area (Å²) in [4.78, 5) is 8.14. The van der Waals surface area contributed by atoms with E-state index in [0.717, 1.165) is 12.8 Å². The van der Waals surface area contributed by atoms with Crippen molar-refractivity contribution in [1.29, 1.82) is 0 Å². The molecular weight excluding hydrogens is 412 g/mol. The summed E-state index contributed by atoms with van der Waals surface area (Å²) < 4.78 is 13.2. The van der Waals surface area contributed by atoms with Gasteiger partial charge in [-0.05, 0) is 36.6 Å². The predicted octanol–water partition coefficient (Wildman–Crippen LogP) is 1.56. The molecule has 5 N–H and O–H groups in total. The first-order chi connectivity index (χ1) is 14.4. The quantitative estimate of drug-likeness (QED) is 0.477. The Labute approximate surface area is 176 Å². The summed E-state index contributed by atoms with van der Waals surface area (Å²) >= 11 is 6.19. The van der Waals surface area contributed by atoms with Crippen molar-refractivity contribution in [3.05, 3.63) is 47.4 Å². The minimum Gasteiger partial charge on any atom is -0.489 e. The Hall–Kier alpha value is -2.43. The van der Waals surface area contributed by atoms with Crippen LogP contribution in [0.3, 0.4) is 0 Å². The van der Waals surface area contributed by atoms with Gasteiger partial charge in [0.05, 0.1) is 16.5 Å². The van der Waals surface area contributed by atoms with Crippen molar-refractivity contribution in [2.45, 2.75) is 49.6 Å². The highest BCUT2D eigenvalue weighted by molar-refractivity contribution is 6.32. The SMILES string of the molecule is Nc1ncnc2c1ccn2[C@@H]1O[C@H](C(O)c2ccc(Cl)c(OC3CC3)c2)[C@@H](O)[C@H]1O. The third kappa shape index (κ3) is 3.28. The van der Waals surface area contributed by atoms with Crippen molar-refractivity contribution >= 4 is 28.5 Å². The molecule has 0 spiro atoms. The zero-order chi connectivity index (χ0) is 21.0. The molecule has 5 rings (SSSR count). The third-order valence-corrected chi connectivity index (χ3v) is 5.83. The maximum atomic E-state index is 10.9. The van der Waals surface area contributed by atoms with Crippen LogP contribution >= 0.6 is 11.6 Å². The van der Waals surface area contributed by atoms with Gasteiger partial charge >= 0.3 is 0 Å². The summed E-state index contributed by atoms with van der Waals surface area (Å²) in [7, 11) is 0. The monoisotopic (exact) mass is 432 g/mol. The Morgan fingerprint density at radius 2 is 2.00 bits per heavy atom. The topological polar surface area (TPSA) is 136 Å². The maximum absolute atomic E-state index is 10.9. The summed E-state index contributed by atoms with van der Waals surface area (Å²) in [6, 6.07) is 6.62. The number of nitrogen functional groups attached to an aromatic ring is 1. The van der Waals surface area contributed by atoms with Gasteiger partial charge in [-0.2, -0.15) is 0 Å². The minimum absolute atomic E-state index is 0.144. The molecule has 5 atom stereocenters. The van der Waals surface area contributed by atoms with Crippen LogP contribution in [-0.4, -0.2) is 54.3 Å². The molecule has 2 fully saturated rings. The number of anilines is 1. The molecule has 3 aromatic rings. The highest BCUT2D eigenvalue weighted by Gasteiger charge is 2.47. The minimum atomic E-state index is -1.33. The van der Waals surface area contributed by atoms with Gasteiger partial charge in [-0.25, -0.2) is 9.97 Å². The molecule has 10 heteroatoms. The molecule has 9 nitrogen and oxygen atoms in total. The van der Waals surface area contributed by atoms with E-state index >= 15 is 0 Å². The summed E-state index contributed by atoms with van der Waals surface area (Å²) in [6.45, 7) is 0. The second-order valence-corrected chi connectivity index (χ2v) is 8.05. The van der Waals surface area contributed by atoms with Crippen molar-refractivity contribution in [2.75, 3.05) is 5.73 Å². The van der Waals surface area contributed by atoms with Crippen LogP contribution in [0.15, 0.2) is 36.8 Å². The summed E-state index contributed by atoms with van der Waals surface area (Å²) in [5, 5.41) is 33.2. The molecule has 2 aliphatic rings. The molecule has 0 bridgehead atoms. The lowest BCUT2D eigenvalue weighted by atomic mass is 9.99. The van der Waals surface area contributed by atoms with Gasteiger partial charge in [-0.3, -0.25) is 0 Å². The van der Waals surface area contributed by atoms with Gasteiger partial charge in [0.25, 0.3) is 0 Å². The summed E-state index contributed by atoms with van der Waals surface area (Å²) in [5.74, 6) is 0.775. The molecule has 1 aliphatic heterocycles. The molecule has 1 saturated carbocycles. The second-order valence-electron chi connectivity index (χ2n) is 7.64. The van der Waals surface area contributed by atoms with E-state index in [0.29, 0.717) is 33.2 Å². The number of hydrogen-bond acceptors (Lipinski definition) is 8. The van der Waals surface area contributed by atoms with Gasteiger partial charge in [0.1, 0.15) is 48.0 Å². The van der Waals surface area contributed by atoms with Crippen molar-refractivity contribution in [3.8, 4) is 5.75 Å². The average Bonchev–Trinajstić information content (AvgIpc) is 3.37. The fraction of sp³-hybridized carbons (Fsp3) is 0.400. The smallest absolute Gasteiger partial charge is 0.164 e. The zero-order valence-corrected chi connectivity index (χ0v) is 16.6. The first-order valence-electron chi connectivity index (χ1n) is 9.67. The van der Waals surface area contributed by atoms with Crippen molar-refractivity contribution < 1.29 is 24.8 Å². The number of aromatic nitrogens is 3. The van der Waals surface area contributed by atoms with Gasteiger partial charge < -0.3 is 35.1 Å². The second kappa shape index (κ2) is 7.36. The van der Waals surface area contributed by atoms with Crippen molar-refractivity contribution in [1.82, 2.24) is 14.5 Å². The largest absolute Gasteiger partial charge is 0.489 e. The molecule has 2 aromatic heterocycles. The van der Waals surface area contributed by atoms with Crippen LogP contribution in [-0.2, 0) is 4.74 Å². The zero-order valence-electron chi connectivity index (χ0n) is 15.8. The molecule has 1 saturated heterocycles. The van der Waals surface area contributed by atoms with E-state index in [1.165, 1.54) is 6.33 Å². The molecule has 1 aliphatic carbocycles. The normalized spacial score (nSPS) is 27.5. The first-order valence-corrected chi connectivity index (χ1v) is 10.0. The van der Waals surface area contributed by atoms with Gasteiger partial charge in [0.15, 0.2) is 6.23 Å². The number of benzene rings is 1. The van der Waals surface area contributed by atoms with E-state index < -0.39 is 30.6 Å². The Balaban J connectivity index is 1.42. The average molecular weight is 433 g/mol. The lowest BCUT2D eigenvalue weighted by Crippen LogP contribution is -2.34. The van der Waals surface area contributed by atoms with Gasteiger partial charge in [-0.15, -0.1) is 0 Å². The lowest BCUT2D eigenvalue weighted by Gasteiger charge is -2.22. The fourth-order valence-electron chi connectivity index (χ4n) is 3.72. The van der Waals surface area contributed by atoms with Crippen LogP contribution in [0, 0.1) is 0 Å². The van der Waals surface area contributed by atoms with E-state index in [1.54, 1.807) is 35.0 Å². The van der Waals surface area contributed by atoms with Crippen LogP contribution in [0.4, 0.5) is 5.82 Å². The molecule has 158 valence electrons. The van der Waals surface area contributed by atoms with Crippen LogP contribution < -0.4 is 10.5 Å². The van der Waals surface area contributed by atoms with Crippen molar-refractivity contribution in [3.63, 3.8) is 0 Å². The number of aliphatic hydroxyl groups is 3. The van der Waals surface area contributed by atoms with Gasteiger partial charge in [0.2, 0.25) is 0 Å². The van der Waals surface area contributed by atoms with E-state index in [2.05, 4.69) is 9.97 Å². The van der Waals surface area contributed by atoms with Crippen LogP contribution in [0.1, 0.15) is 30.7 Å². The predicted molar refractivity (Wildman–Crippen MR) is 108 cm³/mol. The van der Waals surface area contributed by atoms with E-state index in [9.17, 15) is 15.3 Å². The Morgan fingerprint density at radius 1 is 1.20 bits per heavy atom. The molecule has 1 aromatic carbocycles. The molecular formula is C20H21ClN4O5. The number of aliphatic hydroxyl groups excluding tert-OH is 3. The van der Waals surface area contributed by atoms with Gasteiger partial charge in [0, 0.05) is 6.20 Å². The molecule has 30 heavy (non-hydrogen) atoms. The van der Waals surface area contributed by atoms with E-state index in [4.69, 9.17) is 26.8 Å². The number of ether oxygens (including phenoxy) is 2. The molecule has 0 amide bonds. The van der Waals surface area contributed by atoms with E-state index in [-0.39, 0.29) is 6.10 Å². The van der Waals surface area contributed by atoms with E-state index in [1.807, 2.05) is 0 Å². The van der Waals surface area contributed by atoms with Crippen LogP contribution in [0.25, 0.3) is 11.0 Å². The highest BCUT2D eigenvalue weighted by atomic mass is 35.5. The summed E-state index contributed by atoms with van der Waals surface area (Å²) in [6.07, 6.45) is -0.803. The first kappa shape index (κ1) is 19.5. The number of halogens is 1. The molecule has 3 heterocycles. The number of hydrogen-bond donors (Lipinski definition) is 4. The number of nitrogens with zero attached hydrogens (tertiary/aromatic N) is 3. The summed E-state index contributed by atoms with van der Waals surface area (Å²) in [5.41, 5.74) is 6.79.